The normalized spacial score (nSPS) is 10.3. The van der Waals surface area contributed by atoms with Gasteiger partial charge in [-0.25, -0.2) is 9.97 Å². The van der Waals surface area contributed by atoms with Crippen molar-refractivity contribution >= 4 is 23.0 Å². The standard InChI is InChI=1S/C12H11ClN4O2/c1-16(2)9-5-3-8(4-6-9)11-10(17(18)19)7-14-12(13)15-11/h3-7H,1-2H3. The predicted octanol–water partition coefficient (Wildman–Crippen LogP) is 2.77. The summed E-state index contributed by atoms with van der Waals surface area (Å²) in [6.45, 7) is 0. The van der Waals surface area contributed by atoms with Gasteiger partial charge in [-0.15, -0.1) is 0 Å². The number of benzene rings is 1. The van der Waals surface area contributed by atoms with Gasteiger partial charge in [-0.2, -0.15) is 0 Å². The molecule has 0 unspecified atom stereocenters. The van der Waals surface area contributed by atoms with Crippen molar-refractivity contribution in [1.82, 2.24) is 9.97 Å². The molecule has 0 spiro atoms. The Hall–Kier alpha value is -2.21. The van der Waals surface area contributed by atoms with E-state index in [1.165, 1.54) is 0 Å². The van der Waals surface area contributed by atoms with Crippen LogP contribution in [0.15, 0.2) is 30.5 Å². The van der Waals surface area contributed by atoms with Gasteiger partial charge < -0.3 is 4.90 Å². The van der Waals surface area contributed by atoms with Crippen molar-refractivity contribution in [2.45, 2.75) is 0 Å². The zero-order chi connectivity index (χ0) is 14.0. The van der Waals surface area contributed by atoms with E-state index in [4.69, 9.17) is 11.6 Å². The molecule has 0 atom stereocenters. The highest BCUT2D eigenvalue weighted by Crippen LogP contribution is 2.29. The number of aromatic nitrogens is 2. The third-order valence-electron chi connectivity index (χ3n) is 2.59. The number of anilines is 1. The van der Waals surface area contributed by atoms with Crippen LogP contribution in [0.25, 0.3) is 11.3 Å². The molecule has 2 rings (SSSR count). The van der Waals surface area contributed by atoms with Crippen molar-refractivity contribution in [2.75, 3.05) is 19.0 Å². The molecule has 0 fully saturated rings. The zero-order valence-corrected chi connectivity index (χ0v) is 11.1. The van der Waals surface area contributed by atoms with Gasteiger partial charge in [-0.3, -0.25) is 10.1 Å². The molecule has 98 valence electrons. The van der Waals surface area contributed by atoms with Crippen LogP contribution in [0, 0.1) is 10.1 Å². The molecular formula is C12H11ClN4O2. The van der Waals surface area contributed by atoms with E-state index < -0.39 is 4.92 Å². The van der Waals surface area contributed by atoms with Gasteiger partial charge in [0, 0.05) is 25.3 Å². The summed E-state index contributed by atoms with van der Waals surface area (Å²) >= 11 is 5.70. The quantitative estimate of drug-likeness (QED) is 0.490. The van der Waals surface area contributed by atoms with Gasteiger partial charge in [-0.05, 0) is 23.7 Å². The highest BCUT2D eigenvalue weighted by atomic mass is 35.5. The van der Waals surface area contributed by atoms with Crippen LogP contribution in [-0.4, -0.2) is 29.0 Å². The number of nitro groups is 1. The summed E-state index contributed by atoms with van der Waals surface area (Å²) in [5.74, 6) is 0. The molecule has 0 aliphatic carbocycles. The summed E-state index contributed by atoms with van der Waals surface area (Å²) in [7, 11) is 3.83. The molecule has 1 aromatic heterocycles. The minimum absolute atomic E-state index is 0.0164. The molecule has 0 aliphatic heterocycles. The fourth-order valence-corrected chi connectivity index (χ4v) is 1.75. The first-order valence-electron chi connectivity index (χ1n) is 5.43. The second-order valence-electron chi connectivity index (χ2n) is 4.07. The maximum absolute atomic E-state index is 11.0. The predicted molar refractivity (Wildman–Crippen MR) is 73.5 cm³/mol. The Bertz CT molecular complexity index is 614. The number of hydrogen-bond donors (Lipinski definition) is 0. The summed E-state index contributed by atoms with van der Waals surface area (Å²) in [4.78, 5) is 19.9. The first-order chi connectivity index (χ1) is 8.99. The SMILES string of the molecule is CN(C)c1ccc(-c2nc(Cl)ncc2[N+](=O)[O-])cc1. The fraction of sp³-hybridized carbons (Fsp3) is 0.167. The molecule has 19 heavy (non-hydrogen) atoms. The van der Waals surface area contributed by atoms with E-state index in [-0.39, 0.29) is 16.7 Å². The lowest BCUT2D eigenvalue weighted by Gasteiger charge is -2.12. The third kappa shape index (κ3) is 2.79. The molecule has 7 heteroatoms. The van der Waals surface area contributed by atoms with E-state index in [9.17, 15) is 10.1 Å². The summed E-state index contributed by atoms with van der Waals surface area (Å²) in [6.07, 6.45) is 1.12. The Labute approximate surface area is 114 Å². The van der Waals surface area contributed by atoms with E-state index in [2.05, 4.69) is 9.97 Å². The van der Waals surface area contributed by atoms with Crippen LogP contribution in [-0.2, 0) is 0 Å². The van der Waals surface area contributed by atoms with E-state index >= 15 is 0 Å². The number of rotatable bonds is 3. The van der Waals surface area contributed by atoms with Crippen LogP contribution in [0.4, 0.5) is 11.4 Å². The average Bonchev–Trinajstić information content (AvgIpc) is 2.38. The molecule has 0 aliphatic rings. The molecule has 1 aromatic carbocycles. The highest BCUT2D eigenvalue weighted by Gasteiger charge is 2.18. The van der Waals surface area contributed by atoms with Gasteiger partial charge >= 0.3 is 5.69 Å². The van der Waals surface area contributed by atoms with Crippen LogP contribution >= 0.6 is 11.6 Å². The Kier molecular flexibility index (Phi) is 3.62. The number of nitrogens with zero attached hydrogens (tertiary/aromatic N) is 4. The second-order valence-corrected chi connectivity index (χ2v) is 4.41. The number of hydrogen-bond acceptors (Lipinski definition) is 5. The fourth-order valence-electron chi connectivity index (χ4n) is 1.62. The maximum Gasteiger partial charge on any atom is 0.313 e. The van der Waals surface area contributed by atoms with Gasteiger partial charge in [0.2, 0.25) is 5.28 Å². The van der Waals surface area contributed by atoms with Gasteiger partial charge in [0.1, 0.15) is 6.20 Å². The first-order valence-corrected chi connectivity index (χ1v) is 5.81. The Morgan fingerprint density at radius 1 is 1.26 bits per heavy atom. The summed E-state index contributed by atoms with van der Waals surface area (Å²) in [5.41, 5.74) is 1.67. The molecule has 0 saturated carbocycles. The molecule has 6 nitrogen and oxygen atoms in total. The lowest BCUT2D eigenvalue weighted by Crippen LogP contribution is -2.08. The monoisotopic (exact) mass is 278 g/mol. The highest BCUT2D eigenvalue weighted by molar-refractivity contribution is 6.28. The van der Waals surface area contributed by atoms with Crippen molar-refractivity contribution in [1.29, 1.82) is 0 Å². The van der Waals surface area contributed by atoms with Crippen LogP contribution < -0.4 is 4.90 Å². The van der Waals surface area contributed by atoms with Crippen molar-refractivity contribution in [3.05, 3.63) is 45.9 Å². The molecular weight excluding hydrogens is 268 g/mol. The Morgan fingerprint density at radius 2 is 1.89 bits per heavy atom. The molecule has 0 saturated heterocycles. The topological polar surface area (TPSA) is 72.2 Å². The van der Waals surface area contributed by atoms with Crippen LogP contribution in [0.5, 0.6) is 0 Å². The summed E-state index contributed by atoms with van der Waals surface area (Å²) < 4.78 is 0. The summed E-state index contributed by atoms with van der Waals surface area (Å²) in [5, 5.41) is 10.9. The van der Waals surface area contributed by atoms with Crippen LogP contribution in [0.2, 0.25) is 5.28 Å². The van der Waals surface area contributed by atoms with E-state index in [0.29, 0.717) is 5.56 Å². The maximum atomic E-state index is 11.0. The van der Waals surface area contributed by atoms with Gasteiger partial charge in [-0.1, -0.05) is 12.1 Å². The van der Waals surface area contributed by atoms with Crippen molar-refractivity contribution in [3.63, 3.8) is 0 Å². The molecule has 2 aromatic rings. The van der Waals surface area contributed by atoms with E-state index in [0.717, 1.165) is 11.9 Å². The van der Waals surface area contributed by atoms with Crippen LogP contribution in [0.3, 0.4) is 0 Å². The first kappa shape index (κ1) is 13.2. The number of halogens is 1. The van der Waals surface area contributed by atoms with E-state index in [1.807, 2.05) is 31.1 Å². The smallest absolute Gasteiger partial charge is 0.313 e. The minimum atomic E-state index is -0.522. The molecule has 0 N–H and O–H groups in total. The lowest BCUT2D eigenvalue weighted by atomic mass is 10.1. The second kappa shape index (κ2) is 5.19. The minimum Gasteiger partial charge on any atom is -0.378 e. The average molecular weight is 279 g/mol. The van der Waals surface area contributed by atoms with Gasteiger partial charge in [0.15, 0.2) is 5.69 Å². The van der Waals surface area contributed by atoms with Crippen molar-refractivity contribution in [3.8, 4) is 11.3 Å². The Morgan fingerprint density at radius 3 is 2.42 bits per heavy atom. The summed E-state index contributed by atoms with van der Waals surface area (Å²) in [6, 6.07) is 7.24. The molecule has 0 bridgehead atoms. The molecule has 1 heterocycles. The van der Waals surface area contributed by atoms with Crippen LogP contribution in [0.1, 0.15) is 0 Å². The third-order valence-corrected chi connectivity index (χ3v) is 2.78. The van der Waals surface area contributed by atoms with Gasteiger partial charge in [0.05, 0.1) is 4.92 Å². The Balaban J connectivity index is 2.51. The zero-order valence-electron chi connectivity index (χ0n) is 10.4. The van der Waals surface area contributed by atoms with Crippen molar-refractivity contribution < 1.29 is 4.92 Å². The lowest BCUT2D eigenvalue weighted by molar-refractivity contribution is -0.384. The molecule has 0 amide bonds. The van der Waals surface area contributed by atoms with Gasteiger partial charge in [0.25, 0.3) is 0 Å². The molecule has 0 radical (unpaired) electrons. The van der Waals surface area contributed by atoms with E-state index in [1.54, 1.807) is 12.1 Å². The largest absolute Gasteiger partial charge is 0.378 e. The van der Waals surface area contributed by atoms with Crippen molar-refractivity contribution in [2.24, 2.45) is 0 Å².